The largest absolute Gasteiger partial charge is 0.373 e. The highest BCUT2D eigenvalue weighted by molar-refractivity contribution is 7.72. The van der Waals surface area contributed by atoms with E-state index in [0.29, 0.717) is 12.8 Å². The highest BCUT2D eigenvalue weighted by atomic mass is 32.2. The molecule has 0 saturated carbocycles. The fraction of sp³-hybridized carbons (Fsp3) is 0.800. The summed E-state index contributed by atoms with van der Waals surface area (Å²) >= 11 is 0. The second-order valence-electron chi connectivity index (χ2n) is 2.00. The van der Waals surface area contributed by atoms with Crippen molar-refractivity contribution in [2.45, 2.75) is 19.3 Å². The van der Waals surface area contributed by atoms with Crippen LogP contribution in [0.5, 0.6) is 0 Å². The molecule has 0 aliphatic rings. The van der Waals surface area contributed by atoms with Crippen LogP contribution in [-0.4, -0.2) is 20.1 Å². The Hall–Kier alpha value is -0.620. The molecule has 0 radical (unpaired) electrons. The Bertz CT molecular complexity index is 181. The summed E-state index contributed by atoms with van der Waals surface area (Å²) < 4.78 is 20.0. The van der Waals surface area contributed by atoms with Gasteiger partial charge in [0.2, 0.25) is 0 Å². The molecule has 0 fully saturated rings. The van der Waals surface area contributed by atoms with Crippen molar-refractivity contribution in [2.75, 3.05) is 5.75 Å². The molecule has 0 atom stereocenters. The molecule has 5 nitrogen and oxygen atoms in total. The van der Waals surface area contributed by atoms with Crippen molar-refractivity contribution in [3.8, 4) is 0 Å². The molecule has 0 spiro atoms. The minimum Gasteiger partial charge on any atom is -0.373 e. The summed E-state index contributed by atoms with van der Waals surface area (Å²) in [6.45, 7) is 0. The molecule has 0 bridgehead atoms. The third-order valence-corrected chi connectivity index (χ3v) is 1.78. The molecule has 0 saturated heterocycles. The zero-order valence-electron chi connectivity index (χ0n) is 5.99. The molecule has 11 heavy (non-hydrogen) atoms. The van der Waals surface area contributed by atoms with E-state index in [1.165, 1.54) is 0 Å². The monoisotopic (exact) mass is 181 g/mol. The van der Waals surface area contributed by atoms with Crippen LogP contribution in [0.2, 0.25) is 0 Å². The molecule has 2 N–H and O–H groups in total. The van der Waals surface area contributed by atoms with E-state index in [1.807, 2.05) is 0 Å². The molecule has 0 aromatic carbocycles. The minimum absolute atomic E-state index is 0.118. The quantitative estimate of drug-likeness (QED) is 0.329. The number of nitrogens with two attached hydrogens (primary N) is 1. The van der Waals surface area contributed by atoms with Crippen molar-refractivity contribution in [1.82, 2.24) is 0 Å². The van der Waals surface area contributed by atoms with Crippen LogP contribution in [0.15, 0.2) is 0 Å². The molecular weight excluding hydrogens is 170 g/mol. The molecule has 66 valence electrons. The lowest BCUT2D eigenvalue weighted by molar-refractivity contribution is -0.144. The molecular formula is C5H11NO4S. The van der Waals surface area contributed by atoms with Crippen molar-refractivity contribution in [1.29, 1.82) is 0 Å². The van der Waals surface area contributed by atoms with Gasteiger partial charge in [-0.05, 0) is 12.8 Å². The zero-order chi connectivity index (χ0) is 8.69. The Kier molecular flexibility index (Phi) is 5.77. The van der Waals surface area contributed by atoms with E-state index < -0.39 is 16.7 Å². The summed E-state index contributed by atoms with van der Waals surface area (Å²) in [5.41, 5.74) is 0. The van der Waals surface area contributed by atoms with Gasteiger partial charge < -0.3 is 4.84 Å². The molecule has 0 heterocycles. The average Bonchev–Trinajstić information content (AvgIpc) is 1.97. The van der Waals surface area contributed by atoms with Gasteiger partial charge in [0.25, 0.3) is 0 Å². The van der Waals surface area contributed by atoms with Crippen LogP contribution in [0.25, 0.3) is 0 Å². The van der Waals surface area contributed by atoms with Gasteiger partial charge in [-0.25, -0.2) is 8.42 Å². The van der Waals surface area contributed by atoms with E-state index in [2.05, 4.69) is 10.7 Å². The Morgan fingerprint density at radius 3 is 2.45 bits per heavy atom. The third-order valence-electron chi connectivity index (χ3n) is 1.10. The number of unbranched alkanes of at least 4 members (excludes halogenated alkanes) is 1. The van der Waals surface area contributed by atoms with E-state index in [1.54, 1.807) is 0 Å². The van der Waals surface area contributed by atoms with Crippen LogP contribution in [0.1, 0.15) is 19.3 Å². The van der Waals surface area contributed by atoms with Gasteiger partial charge in [-0.1, -0.05) is 0 Å². The van der Waals surface area contributed by atoms with Crippen molar-refractivity contribution in [2.24, 2.45) is 5.90 Å². The maximum atomic E-state index is 10.4. The second-order valence-corrected chi connectivity index (χ2v) is 3.12. The van der Waals surface area contributed by atoms with Crippen molar-refractivity contribution < 1.29 is 18.0 Å². The smallest absolute Gasteiger partial charge is 0.324 e. The lowest BCUT2D eigenvalue weighted by atomic mass is 10.2. The number of thiol groups is 1. The predicted molar refractivity (Wildman–Crippen MR) is 39.3 cm³/mol. The van der Waals surface area contributed by atoms with Crippen LogP contribution < -0.4 is 5.90 Å². The van der Waals surface area contributed by atoms with Gasteiger partial charge in [0.15, 0.2) is 0 Å². The topological polar surface area (TPSA) is 86.5 Å². The Morgan fingerprint density at radius 1 is 1.36 bits per heavy atom. The van der Waals surface area contributed by atoms with E-state index in [9.17, 15) is 13.2 Å². The highest BCUT2D eigenvalue weighted by Crippen LogP contribution is 1.95. The molecule has 0 rings (SSSR count). The number of hydrogen-bond acceptors (Lipinski definition) is 5. The summed E-state index contributed by atoms with van der Waals surface area (Å²) in [7, 11) is -2.32. The number of hydrogen-bond donors (Lipinski definition) is 2. The van der Waals surface area contributed by atoms with Crippen molar-refractivity contribution >= 4 is 16.7 Å². The minimum atomic E-state index is -2.32. The zero-order valence-corrected chi connectivity index (χ0v) is 6.88. The molecule has 0 unspecified atom stereocenters. The standard InChI is InChI=1S/C5H11NO4S/c6-10-5(7)3-1-2-4-11(8)9/h11H,1-4,6H2. The van der Waals surface area contributed by atoms with Crippen LogP contribution in [0, 0.1) is 0 Å². The molecule has 6 heteroatoms. The number of carbonyl (C=O) groups is 1. The Balaban J connectivity index is 3.21. The molecule has 0 aliphatic heterocycles. The molecule has 0 aromatic heterocycles. The van der Waals surface area contributed by atoms with Gasteiger partial charge in [-0.2, -0.15) is 5.90 Å². The van der Waals surface area contributed by atoms with E-state index in [-0.39, 0.29) is 12.2 Å². The third kappa shape index (κ3) is 7.27. The maximum absolute atomic E-state index is 10.4. The van der Waals surface area contributed by atoms with Gasteiger partial charge in [-0.15, -0.1) is 0 Å². The second kappa shape index (κ2) is 6.11. The average molecular weight is 181 g/mol. The van der Waals surface area contributed by atoms with E-state index in [4.69, 9.17) is 0 Å². The lowest BCUT2D eigenvalue weighted by Gasteiger charge is -1.94. The van der Waals surface area contributed by atoms with E-state index >= 15 is 0 Å². The van der Waals surface area contributed by atoms with Crippen LogP contribution in [0.3, 0.4) is 0 Å². The van der Waals surface area contributed by atoms with Crippen LogP contribution in [0.4, 0.5) is 0 Å². The SMILES string of the molecule is NOC(=O)CCCC[SH](=O)=O. The molecule has 0 aromatic rings. The lowest BCUT2D eigenvalue weighted by Crippen LogP contribution is -2.09. The van der Waals surface area contributed by atoms with Crippen LogP contribution >= 0.6 is 0 Å². The fourth-order valence-electron chi connectivity index (χ4n) is 0.569. The molecule has 0 amide bonds. The predicted octanol–water partition coefficient (Wildman–Crippen LogP) is -0.815. The number of rotatable bonds is 5. The first-order valence-electron chi connectivity index (χ1n) is 3.18. The fourth-order valence-corrected chi connectivity index (χ4v) is 1.05. The van der Waals surface area contributed by atoms with Gasteiger partial charge in [-0.3, -0.25) is 4.79 Å². The van der Waals surface area contributed by atoms with E-state index in [0.717, 1.165) is 0 Å². The number of carbonyl (C=O) groups excluding carboxylic acids is 1. The van der Waals surface area contributed by atoms with Gasteiger partial charge in [0.1, 0.15) is 10.7 Å². The first kappa shape index (κ1) is 10.4. The summed E-state index contributed by atoms with van der Waals surface area (Å²) in [5.74, 6) is 4.16. The first-order valence-corrected chi connectivity index (χ1v) is 4.54. The van der Waals surface area contributed by atoms with Gasteiger partial charge >= 0.3 is 5.97 Å². The normalized spacial score (nSPS) is 10.0. The maximum Gasteiger partial charge on any atom is 0.324 e. The van der Waals surface area contributed by atoms with Gasteiger partial charge in [0.05, 0.1) is 0 Å². The summed E-state index contributed by atoms with van der Waals surface area (Å²) in [6.07, 6.45) is 1.16. The first-order chi connectivity index (χ1) is 5.16. The van der Waals surface area contributed by atoms with Crippen LogP contribution in [-0.2, 0) is 20.3 Å². The van der Waals surface area contributed by atoms with Gasteiger partial charge in [0, 0.05) is 12.2 Å². The Labute approximate surface area is 66.4 Å². The summed E-state index contributed by atoms with van der Waals surface area (Å²) in [5, 5.41) is 0. The highest BCUT2D eigenvalue weighted by Gasteiger charge is 1.99. The summed E-state index contributed by atoms with van der Waals surface area (Å²) in [6, 6.07) is 0. The Morgan fingerprint density at radius 2 is 2.00 bits per heavy atom. The van der Waals surface area contributed by atoms with Crippen molar-refractivity contribution in [3.63, 3.8) is 0 Å². The molecule has 0 aliphatic carbocycles. The van der Waals surface area contributed by atoms with Crippen molar-refractivity contribution in [3.05, 3.63) is 0 Å². The summed E-state index contributed by atoms with van der Waals surface area (Å²) in [4.78, 5) is 14.2.